The number of allylic oxidation sites excluding steroid dienone is 4. The molecule has 28 heavy (non-hydrogen) atoms. The third kappa shape index (κ3) is 4.79. The average molecular weight is 380 g/mol. The molecule has 0 aliphatic heterocycles. The van der Waals surface area contributed by atoms with Gasteiger partial charge in [0.05, 0.1) is 5.56 Å². The smallest absolute Gasteiger partial charge is 0.258 e. The highest BCUT2D eigenvalue weighted by molar-refractivity contribution is 6.04. The van der Waals surface area contributed by atoms with Gasteiger partial charge in [-0.2, -0.15) is 0 Å². The van der Waals surface area contributed by atoms with E-state index in [-0.39, 0.29) is 17.3 Å². The minimum absolute atomic E-state index is 0.126. The maximum atomic E-state index is 14.2. The first-order chi connectivity index (χ1) is 13.4. The molecule has 1 aliphatic carbocycles. The molecule has 2 amide bonds. The van der Waals surface area contributed by atoms with Crippen molar-refractivity contribution in [1.82, 2.24) is 0 Å². The molecule has 0 bridgehead atoms. The highest BCUT2D eigenvalue weighted by Crippen LogP contribution is 2.29. The number of hydrogen-bond acceptors (Lipinski definition) is 2. The Labute approximate surface area is 161 Å². The van der Waals surface area contributed by atoms with Crippen LogP contribution in [-0.4, -0.2) is 11.8 Å². The molecule has 1 atom stereocenters. The van der Waals surface area contributed by atoms with Gasteiger partial charge in [-0.3, -0.25) is 9.59 Å². The Hall–Kier alpha value is -3.54. The first kappa shape index (κ1) is 19.2. The van der Waals surface area contributed by atoms with E-state index in [1.54, 1.807) is 36.4 Å². The third-order valence-corrected chi connectivity index (χ3v) is 4.28. The number of nitrogens with one attached hydrogen (secondary N) is 1. The minimum Gasteiger partial charge on any atom is -0.366 e. The summed E-state index contributed by atoms with van der Waals surface area (Å²) in [5, 5.41) is 2.63. The monoisotopic (exact) mass is 380 g/mol. The summed E-state index contributed by atoms with van der Waals surface area (Å²) in [6, 6.07) is 10.9. The molecule has 1 aliphatic rings. The van der Waals surface area contributed by atoms with Gasteiger partial charge in [0.25, 0.3) is 5.91 Å². The highest BCUT2D eigenvalue weighted by atomic mass is 19.1. The Morgan fingerprint density at radius 3 is 2.71 bits per heavy atom. The molecule has 3 N–H and O–H groups in total. The van der Waals surface area contributed by atoms with E-state index in [0.717, 1.165) is 0 Å². The van der Waals surface area contributed by atoms with Crippen LogP contribution in [0.2, 0.25) is 0 Å². The van der Waals surface area contributed by atoms with Crippen LogP contribution in [0.5, 0.6) is 0 Å². The van der Waals surface area contributed by atoms with Crippen LogP contribution in [-0.2, 0) is 4.79 Å². The molecule has 4 nitrogen and oxygen atoms in total. The fraction of sp³-hybridized carbons (Fsp3) is 0.0909. The Morgan fingerprint density at radius 2 is 1.96 bits per heavy atom. The Kier molecular flexibility index (Phi) is 5.79. The molecule has 0 aromatic heterocycles. The van der Waals surface area contributed by atoms with Crippen molar-refractivity contribution in [2.45, 2.75) is 12.3 Å². The second kappa shape index (κ2) is 8.43. The van der Waals surface area contributed by atoms with E-state index in [1.165, 1.54) is 36.4 Å². The molecule has 2 aromatic carbocycles. The maximum Gasteiger partial charge on any atom is 0.258 e. The molecule has 0 fully saturated rings. The minimum atomic E-state index is -0.665. The molecule has 6 heteroatoms. The Morgan fingerprint density at radius 1 is 1.14 bits per heavy atom. The molecule has 0 radical (unpaired) electrons. The van der Waals surface area contributed by atoms with Gasteiger partial charge in [-0.25, -0.2) is 8.78 Å². The lowest BCUT2D eigenvalue weighted by atomic mass is 9.91. The van der Waals surface area contributed by atoms with Crippen molar-refractivity contribution in [3.05, 3.63) is 95.1 Å². The topological polar surface area (TPSA) is 72.2 Å². The van der Waals surface area contributed by atoms with Crippen molar-refractivity contribution in [2.75, 3.05) is 5.32 Å². The summed E-state index contributed by atoms with van der Waals surface area (Å²) in [7, 11) is 0. The van der Waals surface area contributed by atoms with Gasteiger partial charge in [0.1, 0.15) is 11.6 Å². The SMILES string of the molecule is NC(=O)/C=C/c1cccc(NC(=O)c2cc(C3C=C(F)C=CC3)ccc2F)c1. The summed E-state index contributed by atoms with van der Waals surface area (Å²) < 4.78 is 27.7. The van der Waals surface area contributed by atoms with E-state index in [4.69, 9.17) is 5.73 Å². The zero-order valence-corrected chi connectivity index (χ0v) is 14.9. The molecule has 3 rings (SSSR count). The predicted octanol–water partition coefficient (Wildman–Crippen LogP) is 4.47. The molecule has 0 saturated heterocycles. The molecule has 0 saturated carbocycles. The molecule has 0 heterocycles. The van der Waals surface area contributed by atoms with E-state index >= 15 is 0 Å². The van der Waals surface area contributed by atoms with Gasteiger partial charge < -0.3 is 11.1 Å². The van der Waals surface area contributed by atoms with E-state index < -0.39 is 17.6 Å². The highest BCUT2D eigenvalue weighted by Gasteiger charge is 2.17. The van der Waals surface area contributed by atoms with Gasteiger partial charge in [-0.1, -0.05) is 24.3 Å². The van der Waals surface area contributed by atoms with Gasteiger partial charge in [0.2, 0.25) is 5.91 Å². The van der Waals surface area contributed by atoms with Crippen molar-refractivity contribution in [2.24, 2.45) is 5.73 Å². The summed E-state index contributed by atoms with van der Waals surface area (Å²) in [6.45, 7) is 0. The molecule has 0 spiro atoms. The Balaban J connectivity index is 1.81. The quantitative estimate of drug-likeness (QED) is 0.751. The second-order valence-corrected chi connectivity index (χ2v) is 6.35. The zero-order valence-electron chi connectivity index (χ0n) is 14.9. The number of rotatable bonds is 5. The number of amides is 2. The van der Waals surface area contributed by atoms with Crippen LogP contribution in [0.3, 0.4) is 0 Å². The number of primary amides is 1. The van der Waals surface area contributed by atoms with E-state index in [0.29, 0.717) is 23.2 Å². The normalized spacial score (nSPS) is 16.1. The molecule has 142 valence electrons. The lowest BCUT2D eigenvalue weighted by Crippen LogP contribution is -2.14. The van der Waals surface area contributed by atoms with Crippen LogP contribution in [0.25, 0.3) is 6.08 Å². The van der Waals surface area contributed by atoms with E-state index in [9.17, 15) is 18.4 Å². The average Bonchev–Trinajstić information content (AvgIpc) is 2.67. The lowest BCUT2D eigenvalue weighted by Gasteiger charge is -2.16. The van der Waals surface area contributed by atoms with Gasteiger partial charge >= 0.3 is 0 Å². The van der Waals surface area contributed by atoms with Gasteiger partial charge in [0, 0.05) is 17.7 Å². The van der Waals surface area contributed by atoms with Crippen LogP contribution in [0.15, 0.2) is 72.6 Å². The summed E-state index contributed by atoms with van der Waals surface area (Å²) in [5.41, 5.74) is 6.69. The van der Waals surface area contributed by atoms with Gasteiger partial charge in [-0.05, 0) is 60.0 Å². The van der Waals surface area contributed by atoms with Crippen LogP contribution in [0, 0.1) is 5.82 Å². The number of halogens is 2. The predicted molar refractivity (Wildman–Crippen MR) is 105 cm³/mol. The first-order valence-electron chi connectivity index (χ1n) is 8.64. The summed E-state index contributed by atoms with van der Waals surface area (Å²) in [5.74, 6) is -2.48. The van der Waals surface area contributed by atoms with E-state index in [1.807, 2.05) is 0 Å². The number of anilines is 1. The largest absolute Gasteiger partial charge is 0.366 e. The van der Waals surface area contributed by atoms with Crippen molar-refractivity contribution < 1.29 is 18.4 Å². The fourth-order valence-corrected chi connectivity index (χ4v) is 2.92. The number of carbonyl (C=O) groups excluding carboxylic acids is 2. The number of carbonyl (C=O) groups is 2. The molecule has 1 unspecified atom stereocenters. The molecular weight excluding hydrogens is 362 g/mol. The van der Waals surface area contributed by atoms with Crippen LogP contribution >= 0.6 is 0 Å². The van der Waals surface area contributed by atoms with E-state index in [2.05, 4.69) is 5.32 Å². The summed E-state index contributed by atoms with van der Waals surface area (Å²) >= 11 is 0. The zero-order chi connectivity index (χ0) is 20.1. The van der Waals surface area contributed by atoms with Crippen LogP contribution in [0.4, 0.5) is 14.5 Å². The van der Waals surface area contributed by atoms with Crippen LogP contribution < -0.4 is 11.1 Å². The fourth-order valence-electron chi connectivity index (χ4n) is 2.92. The van der Waals surface area contributed by atoms with Gasteiger partial charge in [-0.15, -0.1) is 0 Å². The van der Waals surface area contributed by atoms with Crippen molar-refractivity contribution in [1.29, 1.82) is 0 Å². The standard InChI is InChI=1S/C22H18F2N2O2/c23-17-5-2-4-15(12-17)16-8-9-20(24)19(13-16)22(28)26-18-6-1-3-14(11-18)7-10-21(25)27/h1-3,5-13,15H,4H2,(H2,25,27)(H,26,28)/b10-7+. The lowest BCUT2D eigenvalue weighted by molar-refractivity contribution is -0.113. The van der Waals surface area contributed by atoms with Gasteiger partial charge in [0.15, 0.2) is 0 Å². The summed E-state index contributed by atoms with van der Waals surface area (Å²) in [6.07, 6.45) is 7.82. The molecular formula is C22H18F2N2O2. The summed E-state index contributed by atoms with van der Waals surface area (Å²) in [4.78, 5) is 23.4. The number of benzene rings is 2. The third-order valence-electron chi connectivity index (χ3n) is 4.28. The second-order valence-electron chi connectivity index (χ2n) is 6.35. The van der Waals surface area contributed by atoms with Crippen molar-refractivity contribution in [3.8, 4) is 0 Å². The Bertz CT molecular complexity index is 1010. The molecule has 2 aromatic rings. The van der Waals surface area contributed by atoms with Crippen molar-refractivity contribution >= 4 is 23.6 Å². The number of nitrogens with two attached hydrogens (primary N) is 1. The van der Waals surface area contributed by atoms with Crippen LogP contribution in [0.1, 0.15) is 33.8 Å². The number of hydrogen-bond donors (Lipinski definition) is 2. The van der Waals surface area contributed by atoms with Crippen molar-refractivity contribution in [3.63, 3.8) is 0 Å². The first-order valence-corrected chi connectivity index (χ1v) is 8.64. The maximum absolute atomic E-state index is 14.2.